The summed E-state index contributed by atoms with van der Waals surface area (Å²) in [4.78, 5) is 17.2. The van der Waals surface area contributed by atoms with Crippen LogP contribution in [0.15, 0.2) is 30.9 Å². The zero-order valence-electron chi connectivity index (χ0n) is 13.5. The Kier molecular flexibility index (Phi) is 5.05. The molecule has 6 nitrogen and oxygen atoms in total. The summed E-state index contributed by atoms with van der Waals surface area (Å²) in [5.74, 6) is -1.74. The molecule has 134 valence electrons. The minimum Gasteiger partial charge on any atom is -0.298 e. The molecule has 0 spiro atoms. The number of rotatable bonds is 5. The largest absolute Gasteiger partial charge is 0.298 e. The minimum atomic E-state index is -0.828. The molecule has 0 aliphatic rings. The number of aromatic amines is 1. The van der Waals surface area contributed by atoms with Crippen LogP contribution in [0.1, 0.15) is 16.1 Å². The number of aryl methyl sites for hydroxylation is 1. The van der Waals surface area contributed by atoms with Gasteiger partial charge in [-0.05, 0) is 31.3 Å². The summed E-state index contributed by atoms with van der Waals surface area (Å²) in [5, 5.41) is 9.74. The van der Waals surface area contributed by atoms with Crippen molar-refractivity contribution in [2.75, 3.05) is 5.32 Å². The van der Waals surface area contributed by atoms with Gasteiger partial charge in [0.1, 0.15) is 11.6 Å². The fourth-order valence-corrected chi connectivity index (χ4v) is 3.47. The van der Waals surface area contributed by atoms with Crippen LogP contribution in [0.25, 0.3) is 10.7 Å². The summed E-state index contributed by atoms with van der Waals surface area (Å²) in [6, 6.07) is 2.61. The number of aromatic nitrogens is 4. The second-order valence-electron chi connectivity index (χ2n) is 5.30. The lowest BCUT2D eigenvalue weighted by atomic mass is 10.2. The Balaban J connectivity index is 1.90. The van der Waals surface area contributed by atoms with Gasteiger partial charge in [-0.2, -0.15) is 5.10 Å². The van der Waals surface area contributed by atoms with Gasteiger partial charge in [-0.1, -0.05) is 17.4 Å². The van der Waals surface area contributed by atoms with E-state index >= 15 is 0 Å². The van der Waals surface area contributed by atoms with E-state index in [1.54, 1.807) is 17.6 Å². The molecule has 26 heavy (non-hydrogen) atoms. The van der Waals surface area contributed by atoms with Crippen molar-refractivity contribution >= 4 is 34.6 Å². The van der Waals surface area contributed by atoms with Gasteiger partial charge in [0.2, 0.25) is 0 Å². The van der Waals surface area contributed by atoms with Crippen LogP contribution in [0.2, 0.25) is 0 Å². The number of thiazole rings is 1. The third-order valence-electron chi connectivity index (χ3n) is 3.41. The number of halogens is 2. The highest BCUT2D eigenvalue weighted by Crippen LogP contribution is 2.32. The predicted molar refractivity (Wildman–Crippen MR) is 97.8 cm³/mol. The Morgan fingerprint density at radius 1 is 1.42 bits per heavy atom. The third-order valence-corrected chi connectivity index (χ3v) is 4.80. The first-order valence-electron chi connectivity index (χ1n) is 7.40. The molecule has 0 saturated heterocycles. The van der Waals surface area contributed by atoms with Gasteiger partial charge in [-0.3, -0.25) is 19.8 Å². The Hall–Kier alpha value is -2.72. The van der Waals surface area contributed by atoms with Crippen LogP contribution >= 0.6 is 23.6 Å². The van der Waals surface area contributed by atoms with Gasteiger partial charge >= 0.3 is 0 Å². The van der Waals surface area contributed by atoms with Gasteiger partial charge in [0.25, 0.3) is 5.91 Å². The van der Waals surface area contributed by atoms with Crippen LogP contribution in [0.3, 0.4) is 0 Å². The molecule has 0 atom stereocenters. The van der Waals surface area contributed by atoms with Crippen LogP contribution in [0, 0.1) is 23.3 Å². The minimum absolute atomic E-state index is 0.133. The number of hydrogen-bond acceptors (Lipinski definition) is 5. The lowest BCUT2D eigenvalue weighted by molar-refractivity contribution is 0.102. The molecular formula is C16H13F2N5OS2. The molecule has 0 saturated carbocycles. The molecule has 0 unspecified atom stereocenters. The topological polar surface area (TPSA) is 75.6 Å². The first kappa shape index (κ1) is 18.1. The van der Waals surface area contributed by atoms with Crippen molar-refractivity contribution in [2.45, 2.75) is 13.5 Å². The van der Waals surface area contributed by atoms with E-state index in [0.29, 0.717) is 33.8 Å². The van der Waals surface area contributed by atoms with Gasteiger partial charge < -0.3 is 0 Å². The average Bonchev–Trinajstić information content (AvgIpc) is 3.10. The van der Waals surface area contributed by atoms with Crippen molar-refractivity contribution in [3.63, 3.8) is 0 Å². The maximum Gasteiger partial charge on any atom is 0.257 e. The van der Waals surface area contributed by atoms with Crippen LogP contribution in [-0.2, 0) is 6.54 Å². The number of allylic oxidation sites excluding steroid dienone is 1. The molecule has 1 amide bonds. The Labute approximate surface area is 156 Å². The highest BCUT2D eigenvalue weighted by Gasteiger charge is 2.18. The summed E-state index contributed by atoms with van der Waals surface area (Å²) in [7, 11) is 0. The molecule has 0 radical (unpaired) electrons. The number of nitrogens with one attached hydrogen (secondary N) is 2. The number of benzene rings is 1. The van der Waals surface area contributed by atoms with Gasteiger partial charge in [0, 0.05) is 18.2 Å². The highest BCUT2D eigenvalue weighted by molar-refractivity contribution is 7.71. The zero-order valence-corrected chi connectivity index (χ0v) is 15.2. The van der Waals surface area contributed by atoms with Crippen molar-refractivity contribution in [3.8, 4) is 10.7 Å². The van der Waals surface area contributed by atoms with E-state index in [1.165, 1.54) is 11.3 Å². The van der Waals surface area contributed by atoms with Gasteiger partial charge in [-0.15, -0.1) is 6.58 Å². The van der Waals surface area contributed by atoms with Crippen molar-refractivity contribution in [3.05, 3.63) is 58.5 Å². The number of carbonyl (C=O) groups excluding carboxylic acids is 1. The number of hydrogen-bond donors (Lipinski definition) is 2. The molecule has 0 bridgehead atoms. The first-order valence-corrected chi connectivity index (χ1v) is 8.63. The van der Waals surface area contributed by atoms with Crippen molar-refractivity contribution < 1.29 is 13.6 Å². The zero-order chi connectivity index (χ0) is 18.8. The molecule has 10 heteroatoms. The van der Waals surface area contributed by atoms with E-state index in [-0.39, 0.29) is 10.7 Å². The summed E-state index contributed by atoms with van der Waals surface area (Å²) in [5.41, 5.74) is 0.501. The van der Waals surface area contributed by atoms with E-state index in [1.807, 2.05) is 0 Å². The summed E-state index contributed by atoms with van der Waals surface area (Å²) in [6.07, 6.45) is 1.69. The van der Waals surface area contributed by atoms with Crippen LogP contribution < -0.4 is 5.32 Å². The lowest BCUT2D eigenvalue weighted by Crippen LogP contribution is -2.12. The van der Waals surface area contributed by atoms with Gasteiger partial charge in [0.15, 0.2) is 15.7 Å². The average molecular weight is 393 g/mol. The van der Waals surface area contributed by atoms with Crippen LogP contribution in [0.5, 0.6) is 0 Å². The van der Waals surface area contributed by atoms with E-state index in [2.05, 4.69) is 27.1 Å². The first-order chi connectivity index (χ1) is 12.4. The van der Waals surface area contributed by atoms with Gasteiger partial charge in [-0.25, -0.2) is 13.8 Å². The Morgan fingerprint density at radius 3 is 2.77 bits per heavy atom. The van der Waals surface area contributed by atoms with E-state index < -0.39 is 17.5 Å². The van der Waals surface area contributed by atoms with Crippen molar-refractivity contribution in [1.82, 2.24) is 19.7 Å². The quantitative estimate of drug-likeness (QED) is 0.506. The van der Waals surface area contributed by atoms with Crippen molar-refractivity contribution in [2.24, 2.45) is 0 Å². The van der Waals surface area contributed by atoms with E-state index in [9.17, 15) is 13.6 Å². The summed E-state index contributed by atoms with van der Waals surface area (Å²) < 4.78 is 28.7. The number of anilines is 1. The second kappa shape index (κ2) is 7.26. The van der Waals surface area contributed by atoms with E-state index in [4.69, 9.17) is 12.2 Å². The third kappa shape index (κ3) is 3.60. The molecule has 2 N–H and O–H groups in total. The molecule has 2 heterocycles. The molecule has 1 aromatic carbocycles. The summed E-state index contributed by atoms with van der Waals surface area (Å²) in [6.45, 7) is 5.91. The fourth-order valence-electron chi connectivity index (χ4n) is 2.30. The lowest BCUT2D eigenvalue weighted by Gasteiger charge is -2.02. The molecule has 3 aromatic rings. The molecular weight excluding hydrogens is 380 g/mol. The Bertz CT molecular complexity index is 1030. The van der Waals surface area contributed by atoms with Gasteiger partial charge in [0.05, 0.1) is 10.6 Å². The molecule has 3 rings (SSSR count). The highest BCUT2D eigenvalue weighted by atomic mass is 32.1. The fraction of sp³-hybridized carbons (Fsp3) is 0.125. The normalized spacial score (nSPS) is 10.7. The molecule has 0 fully saturated rings. The SMILES string of the molecule is C=CCn1c(-c2sc(NC(=O)c3cc(F)cc(F)c3)nc2C)n[nH]c1=S. The number of H-pyrrole nitrogens is 1. The van der Waals surface area contributed by atoms with Crippen LogP contribution in [-0.4, -0.2) is 25.7 Å². The Morgan fingerprint density at radius 2 is 2.12 bits per heavy atom. The second-order valence-corrected chi connectivity index (χ2v) is 6.68. The predicted octanol–water partition coefficient (Wildman–Crippen LogP) is 4.09. The maximum atomic E-state index is 13.3. The smallest absolute Gasteiger partial charge is 0.257 e. The van der Waals surface area contributed by atoms with Crippen LogP contribution in [0.4, 0.5) is 13.9 Å². The maximum absolute atomic E-state index is 13.3. The number of carbonyl (C=O) groups is 1. The van der Waals surface area contributed by atoms with E-state index in [0.717, 1.165) is 12.1 Å². The van der Waals surface area contributed by atoms with Crippen molar-refractivity contribution in [1.29, 1.82) is 0 Å². The molecule has 0 aliphatic carbocycles. The monoisotopic (exact) mass is 393 g/mol. The summed E-state index contributed by atoms with van der Waals surface area (Å²) >= 11 is 6.37. The molecule has 0 aliphatic heterocycles. The standard InChI is InChI=1S/C16H13F2N5OS2/c1-3-4-23-13(21-22-16(23)25)12-8(2)19-15(26-12)20-14(24)9-5-10(17)7-11(18)6-9/h3,5-7H,1,4H2,2H3,(H,22,25)(H,19,20,24). The number of amides is 1. The number of nitrogens with zero attached hydrogens (tertiary/aromatic N) is 3. The molecule has 2 aromatic heterocycles.